The molecule has 4 aromatic rings. The van der Waals surface area contributed by atoms with E-state index in [0.717, 1.165) is 35.2 Å². The molecule has 0 saturated carbocycles. The summed E-state index contributed by atoms with van der Waals surface area (Å²) < 4.78 is 5.58. The second kappa shape index (κ2) is 10.6. The number of nitrogens with zero attached hydrogens (tertiary/aromatic N) is 2. The van der Waals surface area contributed by atoms with Gasteiger partial charge in [-0.15, -0.1) is 0 Å². The fraction of sp³-hybridized carbons (Fsp3) is 0.219. The molecule has 39 heavy (non-hydrogen) atoms. The van der Waals surface area contributed by atoms with Crippen molar-refractivity contribution in [1.29, 1.82) is 0 Å². The summed E-state index contributed by atoms with van der Waals surface area (Å²) in [5.74, 6) is 0. The molecule has 7 nitrogen and oxygen atoms in total. The number of hydrogen-bond donors (Lipinski definition) is 1. The van der Waals surface area contributed by atoms with Gasteiger partial charge in [-0.3, -0.25) is 10.1 Å². The van der Waals surface area contributed by atoms with Crippen LogP contribution in [0.15, 0.2) is 103 Å². The van der Waals surface area contributed by atoms with E-state index < -0.39 is 6.09 Å². The van der Waals surface area contributed by atoms with Crippen molar-refractivity contribution in [2.75, 3.05) is 4.90 Å². The highest BCUT2D eigenvalue weighted by Crippen LogP contribution is 2.53. The minimum atomic E-state index is -0.465. The number of benzene rings is 4. The third-order valence-electron chi connectivity index (χ3n) is 7.78. The summed E-state index contributed by atoms with van der Waals surface area (Å²) >= 11 is 0. The number of alkyl carbamates (subject to hydrolysis) is 1. The zero-order chi connectivity index (χ0) is 26.8. The van der Waals surface area contributed by atoms with E-state index in [0.29, 0.717) is 6.42 Å². The average molecular weight is 520 g/mol. The number of para-hydroxylation sites is 1. The Morgan fingerprint density at radius 3 is 2.28 bits per heavy atom. The van der Waals surface area contributed by atoms with Gasteiger partial charge in [-0.25, -0.2) is 4.79 Å². The van der Waals surface area contributed by atoms with Crippen LogP contribution in [0.25, 0.3) is 0 Å². The third kappa shape index (κ3) is 4.95. The van der Waals surface area contributed by atoms with Gasteiger partial charge in [-0.2, -0.15) is 0 Å². The van der Waals surface area contributed by atoms with Gasteiger partial charge in [-0.1, -0.05) is 91.0 Å². The van der Waals surface area contributed by atoms with Gasteiger partial charge in [0.25, 0.3) is 5.69 Å². The lowest BCUT2D eigenvalue weighted by Gasteiger charge is -2.50. The number of carbonyl (C=O) groups excluding carboxylic acids is 1. The van der Waals surface area contributed by atoms with Gasteiger partial charge in [0.2, 0.25) is 0 Å². The quantitative estimate of drug-likeness (QED) is 0.215. The van der Waals surface area contributed by atoms with Gasteiger partial charge in [-0.05, 0) is 47.1 Å². The molecule has 0 aromatic heterocycles. The van der Waals surface area contributed by atoms with Gasteiger partial charge in [0.05, 0.1) is 23.0 Å². The Balaban J connectivity index is 1.37. The SMILES string of the molecule is O=C(N[C@H]1C[C@@H](c2ccc([N+](=O)[O-])cc2)N2c3c(cccc31)CC[C@@H]2c1ccccc1)OCc1ccccc1. The molecule has 0 spiro atoms. The van der Waals surface area contributed by atoms with Crippen LogP contribution < -0.4 is 10.2 Å². The topological polar surface area (TPSA) is 84.7 Å². The number of nitro groups is 1. The van der Waals surface area contributed by atoms with Crippen LogP contribution in [0.4, 0.5) is 16.2 Å². The fourth-order valence-electron chi connectivity index (χ4n) is 5.99. The first-order valence-electron chi connectivity index (χ1n) is 13.2. The van der Waals surface area contributed by atoms with E-state index >= 15 is 0 Å². The molecule has 196 valence electrons. The molecule has 0 unspecified atom stereocenters. The van der Waals surface area contributed by atoms with Crippen LogP contribution in [0.1, 0.15) is 58.8 Å². The number of carbonyl (C=O) groups is 1. The monoisotopic (exact) mass is 519 g/mol. The summed E-state index contributed by atoms with van der Waals surface area (Å²) in [5, 5.41) is 14.5. The average Bonchev–Trinajstić information content (AvgIpc) is 2.98. The van der Waals surface area contributed by atoms with Crippen LogP contribution in [0, 0.1) is 10.1 Å². The van der Waals surface area contributed by atoms with Crippen molar-refractivity contribution < 1.29 is 14.5 Å². The Bertz CT molecular complexity index is 1470. The minimum absolute atomic E-state index is 0.0630. The Hall–Kier alpha value is -4.65. The fourth-order valence-corrected chi connectivity index (χ4v) is 5.99. The molecular formula is C32H29N3O4. The molecule has 2 aliphatic heterocycles. The van der Waals surface area contributed by atoms with Crippen molar-refractivity contribution in [1.82, 2.24) is 5.32 Å². The summed E-state index contributed by atoms with van der Waals surface area (Å²) in [6.07, 6.45) is 2.03. The van der Waals surface area contributed by atoms with E-state index in [1.165, 1.54) is 11.1 Å². The van der Waals surface area contributed by atoms with Gasteiger partial charge in [0.1, 0.15) is 6.61 Å². The largest absolute Gasteiger partial charge is 0.445 e. The number of amides is 1. The summed E-state index contributed by atoms with van der Waals surface area (Å²) in [6.45, 7) is 0.195. The molecular weight excluding hydrogens is 490 g/mol. The van der Waals surface area contributed by atoms with Crippen molar-refractivity contribution in [3.8, 4) is 0 Å². The van der Waals surface area contributed by atoms with Gasteiger partial charge < -0.3 is 15.0 Å². The van der Waals surface area contributed by atoms with Crippen molar-refractivity contribution in [3.63, 3.8) is 0 Å². The Kier molecular flexibility index (Phi) is 6.71. The lowest BCUT2D eigenvalue weighted by atomic mass is 9.79. The zero-order valence-corrected chi connectivity index (χ0v) is 21.4. The van der Waals surface area contributed by atoms with Gasteiger partial charge in [0.15, 0.2) is 0 Å². The molecule has 6 rings (SSSR count). The summed E-state index contributed by atoms with van der Waals surface area (Å²) in [5.41, 5.74) is 6.66. The number of nitro benzene ring substituents is 1. The summed E-state index contributed by atoms with van der Waals surface area (Å²) in [6, 6.07) is 33.0. The Morgan fingerprint density at radius 1 is 0.872 bits per heavy atom. The molecule has 0 fully saturated rings. The second-order valence-corrected chi connectivity index (χ2v) is 10.1. The normalized spacial score (nSPS) is 19.6. The molecule has 0 saturated heterocycles. The first-order valence-corrected chi connectivity index (χ1v) is 13.2. The highest BCUT2D eigenvalue weighted by Gasteiger charge is 2.41. The second-order valence-electron chi connectivity index (χ2n) is 10.1. The van der Waals surface area contributed by atoms with E-state index in [9.17, 15) is 14.9 Å². The van der Waals surface area contributed by atoms with Crippen molar-refractivity contribution in [2.45, 2.75) is 44.0 Å². The maximum absolute atomic E-state index is 13.0. The molecule has 7 heteroatoms. The maximum atomic E-state index is 13.0. The van der Waals surface area contributed by atoms with Gasteiger partial charge in [0, 0.05) is 17.8 Å². The van der Waals surface area contributed by atoms with Crippen LogP contribution in [0.2, 0.25) is 0 Å². The van der Waals surface area contributed by atoms with Crippen molar-refractivity contribution >= 4 is 17.5 Å². The van der Waals surface area contributed by atoms with E-state index in [4.69, 9.17) is 4.74 Å². The first-order chi connectivity index (χ1) is 19.1. The smallest absolute Gasteiger partial charge is 0.407 e. The number of rotatable bonds is 6. The molecule has 0 radical (unpaired) electrons. The van der Waals surface area contributed by atoms with E-state index in [-0.39, 0.29) is 35.3 Å². The van der Waals surface area contributed by atoms with E-state index in [1.807, 2.05) is 48.5 Å². The lowest BCUT2D eigenvalue weighted by Crippen LogP contribution is -2.44. The summed E-state index contributed by atoms with van der Waals surface area (Å²) in [7, 11) is 0. The van der Waals surface area contributed by atoms with Crippen LogP contribution in [-0.2, 0) is 17.8 Å². The number of non-ortho nitro benzene ring substituents is 1. The molecule has 2 aliphatic rings. The van der Waals surface area contributed by atoms with E-state index in [2.05, 4.69) is 52.7 Å². The van der Waals surface area contributed by atoms with Gasteiger partial charge >= 0.3 is 6.09 Å². The summed E-state index contributed by atoms with van der Waals surface area (Å²) in [4.78, 5) is 26.4. The molecule has 4 aromatic carbocycles. The van der Waals surface area contributed by atoms with Crippen LogP contribution in [0.3, 0.4) is 0 Å². The van der Waals surface area contributed by atoms with Crippen molar-refractivity contribution in [3.05, 3.63) is 141 Å². The Morgan fingerprint density at radius 2 is 1.56 bits per heavy atom. The molecule has 0 aliphatic carbocycles. The predicted octanol–water partition coefficient (Wildman–Crippen LogP) is 7.20. The highest BCUT2D eigenvalue weighted by atomic mass is 16.6. The molecule has 3 atom stereocenters. The first kappa shape index (κ1) is 24.7. The predicted molar refractivity (Wildman–Crippen MR) is 149 cm³/mol. The zero-order valence-electron chi connectivity index (χ0n) is 21.4. The molecule has 0 bridgehead atoms. The number of ether oxygens (including phenoxy) is 1. The number of aryl methyl sites for hydroxylation is 1. The number of nitrogens with one attached hydrogen (secondary N) is 1. The molecule has 1 amide bonds. The van der Waals surface area contributed by atoms with E-state index in [1.54, 1.807) is 12.1 Å². The van der Waals surface area contributed by atoms with Crippen LogP contribution in [0.5, 0.6) is 0 Å². The maximum Gasteiger partial charge on any atom is 0.407 e. The van der Waals surface area contributed by atoms with Crippen LogP contribution in [-0.4, -0.2) is 11.0 Å². The Labute approximate surface area is 227 Å². The standard InChI is InChI=1S/C32H29N3O4/c36-32(39-21-22-8-3-1-4-9-22)33-28-20-30(24-14-17-26(18-15-24)35(37)38)34-29(23-10-5-2-6-11-23)19-16-25-12-7-13-27(28)31(25)34/h1-15,17-18,28-30H,16,19-21H2,(H,33,36)/t28-,29+,30-/m0/s1. The lowest BCUT2D eigenvalue weighted by molar-refractivity contribution is -0.384. The number of hydrogen-bond acceptors (Lipinski definition) is 5. The highest BCUT2D eigenvalue weighted by molar-refractivity contribution is 5.72. The third-order valence-corrected chi connectivity index (χ3v) is 7.78. The number of anilines is 1. The molecule has 1 N–H and O–H groups in total. The van der Waals surface area contributed by atoms with Crippen LogP contribution >= 0.6 is 0 Å². The van der Waals surface area contributed by atoms with Crippen molar-refractivity contribution in [2.24, 2.45) is 0 Å². The minimum Gasteiger partial charge on any atom is -0.445 e. The molecule has 2 heterocycles.